The van der Waals surface area contributed by atoms with Gasteiger partial charge in [-0.2, -0.15) is 0 Å². The first-order valence-corrected chi connectivity index (χ1v) is 6.94. The maximum absolute atomic E-state index is 10.8. The highest BCUT2D eigenvalue weighted by Gasteiger charge is 2.16. The van der Waals surface area contributed by atoms with Crippen LogP contribution in [0.1, 0.15) is 11.1 Å². The number of nitro groups is 1. The van der Waals surface area contributed by atoms with Gasteiger partial charge in [-0.3, -0.25) is 10.1 Å². The Kier molecular flexibility index (Phi) is 4.30. The molecule has 0 aliphatic heterocycles. The molecule has 2 aromatic rings. The van der Waals surface area contributed by atoms with Crippen LogP contribution in [0.2, 0.25) is 5.02 Å². The second-order valence-corrected chi connectivity index (χ2v) is 5.66. The number of hydrogen-bond donors (Lipinski definition) is 0. The average Bonchev–Trinajstić information content (AvgIpc) is 2.37. The number of nitro benzene ring substituents is 1. The van der Waals surface area contributed by atoms with E-state index >= 15 is 0 Å². The summed E-state index contributed by atoms with van der Waals surface area (Å²) in [5, 5.41) is 10.9. The summed E-state index contributed by atoms with van der Waals surface area (Å²) in [5.74, 6) is 1.18. The van der Waals surface area contributed by atoms with Crippen LogP contribution < -0.4 is 4.74 Å². The third kappa shape index (κ3) is 3.11. The van der Waals surface area contributed by atoms with Crippen molar-refractivity contribution in [2.45, 2.75) is 13.8 Å². The molecule has 0 unspecified atom stereocenters. The number of rotatable bonds is 3. The maximum atomic E-state index is 10.8. The lowest BCUT2D eigenvalue weighted by Gasteiger charge is -2.12. The summed E-state index contributed by atoms with van der Waals surface area (Å²) < 4.78 is 6.69. The van der Waals surface area contributed by atoms with E-state index in [9.17, 15) is 10.1 Å². The van der Waals surface area contributed by atoms with Crippen molar-refractivity contribution in [2.75, 3.05) is 0 Å². The third-order valence-electron chi connectivity index (χ3n) is 2.81. The van der Waals surface area contributed by atoms with Gasteiger partial charge in [0.25, 0.3) is 5.69 Å². The molecule has 0 atom stereocenters. The van der Waals surface area contributed by atoms with E-state index in [-0.39, 0.29) is 10.7 Å². The molecule has 0 heterocycles. The summed E-state index contributed by atoms with van der Waals surface area (Å²) in [5.41, 5.74) is 1.49. The van der Waals surface area contributed by atoms with Crippen LogP contribution in [0.4, 0.5) is 5.69 Å². The van der Waals surface area contributed by atoms with Gasteiger partial charge in [-0.1, -0.05) is 33.6 Å². The lowest BCUT2D eigenvalue weighted by molar-refractivity contribution is -0.384. The van der Waals surface area contributed by atoms with Crippen LogP contribution in [0.3, 0.4) is 0 Å². The Hall–Kier alpha value is -1.59. The Bertz CT molecular complexity index is 688. The summed E-state index contributed by atoms with van der Waals surface area (Å²) >= 11 is 9.28. The predicted octanol–water partition coefficient (Wildman–Crippen LogP) is 5.42. The highest BCUT2D eigenvalue weighted by atomic mass is 79.9. The molecule has 6 heteroatoms. The molecule has 0 saturated carbocycles. The molecule has 0 aliphatic rings. The van der Waals surface area contributed by atoms with E-state index in [4.69, 9.17) is 16.3 Å². The number of ether oxygens (including phenoxy) is 1. The largest absolute Gasteiger partial charge is 0.457 e. The van der Waals surface area contributed by atoms with Gasteiger partial charge >= 0.3 is 0 Å². The molecule has 2 rings (SSSR count). The first kappa shape index (κ1) is 14.8. The molecule has 0 saturated heterocycles. The highest BCUT2D eigenvalue weighted by molar-refractivity contribution is 9.10. The zero-order valence-corrected chi connectivity index (χ0v) is 13.2. The van der Waals surface area contributed by atoms with Gasteiger partial charge in [0.05, 0.1) is 4.92 Å². The molecule has 20 heavy (non-hydrogen) atoms. The van der Waals surface area contributed by atoms with Gasteiger partial charge in [0.2, 0.25) is 0 Å². The number of halogens is 2. The van der Waals surface area contributed by atoms with E-state index in [1.807, 2.05) is 25.1 Å². The van der Waals surface area contributed by atoms with Crippen molar-refractivity contribution in [3.63, 3.8) is 0 Å². The van der Waals surface area contributed by atoms with Crippen LogP contribution in [0, 0.1) is 24.0 Å². The van der Waals surface area contributed by atoms with Gasteiger partial charge in [-0.05, 0) is 37.1 Å². The summed E-state index contributed by atoms with van der Waals surface area (Å²) in [7, 11) is 0. The molecular formula is C14H11BrClNO3. The van der Waals surface area contributed by atoms with Crippen molar-refractivity contribution >= 4 is 33.2 Å². The zero-order chi connectivity index (χ0) is 14.9. The van der Waals surface area contributed by atoms with Crippen LogP contribution >= 0.6 is 27.5 Å². The maximum Gasteiger partial charge on any atom is 0.288 e. The molecule has 0 aliphatic carbocycles. The van der Waals surface area contributed by atoms with Gasteiger partial charge in [0.15, 0.2) is 0 Å². The second-order valence-electron chi connectivity index (χ2n) is 4.34. The van der Waals surface area contributed by atoms with E-state index < -0.39 is 4.92 Å². The van der Waals surface area contributed by atoms with Gasteiger partial charge < -0.3 is 4.74 Å². The fraction of sp³-hybridized carbons (Fsp3) is 0.143. The van der Waals surface area contributed by atoms with Crippen LogP contribution in [0.25, 0.3) is 0 Å². The standard InChI is InChI=1S/C14H11BrClNO3/c1-8-3-4-10(15)6-13(8)20-14-7-11(16)12(17(18)19)5-9(14)2/h3-7H,1-2H3. The average molecular weight is 357 g/mol. The van der Waals surface area contributed by atoms with Crippen molar-refractivity contribution in [1.82, 2.24) is 0 Å². The summed E-state index contributed by atoms with van der Waals surface area (Å²) in [6.45, 7) is 3.66. The molecule has 104 valence electrons. The van der Waals surface area contributed by atoms with Gasteiger partial charge in [0.1, 0.15) is 16.5 Å². The third-order valence-corrected chi connectivity index (χ3v) is 3.61. The fourth-order valence-electron chi connectivity index (χ4n) is 1.70. The van der Waals surface area contributed by atoms with E-state index in [1.54, 1.807) is 6.92 Å². The Balaban J connectivity index is 2.42. The lowest BCUT2D eigenvalue weighted by atomic mass is 10.2. The number of nitrogens with zero attached hydrogens (tertiary/aromatic N) is 1. The van der Waals surface area contributed by atoms with Crippen molar-refractivity contribution in [3.8, 4) is 11.5 Å². The Labute approximate surface area is 129 Å². The predicted molar refractivity (Wildman–Crippen MR) is 81.8 cm³/mol. The Morgan fingerprint density at radius 1 is 1.15 bits per heavy atom. The molecule has 2 aromatic carbocycles. The molecule has 0 fully saturated rings. The zero-order valence-electron chi connectivity index (χ0n) is 10.8. The normalized spacial score (nSPS) is 10.4. The molecule has 0 aromatic heterocycles. The Morgan fingerprint density at radius 2 is 1.80 bits per heavy atom. The highest BCUT2D eigenvalue weighted by Crippen LogP contribution is 2.35. The first-order valence-electron chi connectivity index (χ1n) is 5.77. The minimum Gasteiger partial charge on any atom is -0.457 e. The SMILES string of the molecule is Cc1ccc(Br)cc1Oc1cc(Cl)c([N+](=O)[O-])cc1C. The summed E-state index contributed by atoms with van der Waals surface area (Å²) in [6, 6.07) is 8.55. The van der Waals surface area contributed by atoms with E-state index in [1.165, 1.54) is 12.1 Å². The van der Waals surface area contributed by atoms with Crippen LogP contribution in [0.15, 0.2) is 34.8 Å². The lowest BCUT2D eigenvalue weighted by Crippen LogP contribution is -1.94. The van der Waals surface area contributed by atoms with E-state index in [0.717, 1.165) is 10.0 Å². The molecule has 0 N–H and O–H groups in total. The van der Waals surface area contributed by atoms with Crippen molar-refractivity contribution in [3.05, 3.63) is 61.1 Å². The van der Waals surface area contributed by atoms with Crippen molar-refractivity contribution in [2.24, 2.45) is 0 Å². The summed E-state index contributed by atoms with van der Waals surface area (Å²) in [6.07, 6.45) is 0. The monoisotopic (exact) mass is 355 g/mol. The van der Waals surface area contributed by atoms with Gasteiger partial charge in [0, 0.05) is 16.6 Å². The van der Waals surface area contributed by atoms with Crippen molar-refractivity contribution in [1.29, 1.82) is 0 Å². The molecule has 0 radical (unpaired) electrons. The number of hydrogen-bond acceptors (Lipinski definition) is 3. The topological polar surface area (TPSA) is 52.4 Å². The van der Waals surface area contributed by atoms with E-state index in [0.29, 0.717) is 17.1 Å². The molecule has 0 spiro atoms. The van der Waals surface area contributed by atoms with Crippen molar-refractivity contribution < 1.29 is 9.66 Å². The second kappa shape index (κ2) is 5.81. The van der Waals surface area contributed by atoms with Gasteiger partial charge in [-0.15, -0.1) is 0 Å². The molecular weight excluding hydrogens is 346 g/mol. The van der Waals surface area contributed by atoms with Gasteiger partial charge in [-0.25, -0.2) is 0 Å². The summed E-state index contributed by atoms with van der Waals surface area (Å²) in [4.78, 5) is 10.3. The van der Waals surface area contributed by atoms with Crippen LogP contribution in [-0.4, -0.2) is 4.92 Å². The first-order chi connectivity index (χ1) is 9.38. The quantitative estimate of drug-likeness (QED) is 0.545. The smallest absolute Gasteiger partial charge is 0.288 e. The number of benzene rings is 2. The molecule has 4 nitrogen and oxygen atoms in total. The molecule has 0 bridgehead atoms. The fourth-order valence-corrected chi connectivity index (χ4v) is 2.26. The molecule has 0 amide bonds. The van der Waals surface area contributed by atoms with Crippen LogP contribution in [-0.2, 0) is 0 Å². The van der Waals surface area contributed by atoms with Crippen LogP contribution in [0.5, 0.6) is 11.5 Å². The van der Waals surface area contributed by atoms with E-state index in [2.05, 4.69) is 15.9 Å². The minimum atomic E-state index is -0.510. The minimum absolute atomic E-state index is 0.0586. The number of aryl methyl sites for hydroxylation is 2. The Morgan fingerprint density at radius 3 is 2.45 bits per heavy atom.